The Morgan fingerprint density at radius 3 is 2.19 bits per heavy atom. The maximum Gasteiger partial charge on any atom is 0.133 e. The molecule has 2 nitrogen and oxygen atoms in total. The molecule has 2 heteroatoms. The van der Waals surface area contributed by atoms with E-state index in [-0.39, 0.29) is 0 Å². The van der Waals surface area contributed by atoms with Crippen LogP contribution in [0.4, 0.5) is 0 Å². The van der Waals surface area contributed by atoms with E-state index in [1.807, 2.05) is 64.1 Å². The van der Waals surface area contributed by atoms with Gasteiger partial charge in [0.2, 0.25) is 0 Å². The fourth-order valence-electron chi connectivity index (χ4n) is 2.32. The van der Waals surface area contributed by atoms with Crippen molar-refractivity contribution in [1.29, 1.82) is 0 Å². The van der Waals surface area contributed by atoms with E-state index in [9.17, 15) is 5.11 Å². The molecule has 1 unspecified atom stereocenters. The van der Waals surface area contributed by atoms with Crippen LogP contribution in [0.5, 0.6) is 5.75 Å². The molecule has 0 bridgehead atoms. The molecule has 2 aromatic rings. The molecule has 0 saturated carbocycles. The minimum atomic E-state index is -0.701. The summed E-state index contributed by atoms with van der Waals surface area (Å²) in [4.78, 5) is 0. The van der Waals surface area contributed by atoms with E-state index in [0.29, 0.717) is 0 Å². The summed E-state index contributed by atoms with van der Waals surface area (Å²) < 4.78 is 6.11. The molecule has 0 radical (unpaired) electrons. The summed E-state index contributed by atoms with van der Waals surface area (Å²) in [6.45, 7) is 9.97. The standard InChI is InChI=1S/C19H24O2/c1-13-9-11-16(12-10-13)18(20)19(4,5)21-17-8-6-7-14(2)15(17)3/h6-12,18,20H,1-5H3. The van der Waals surface area contributed by atoms with Crippen molar-refractivity contribution in [2.75, 3.05) is 0 Å². The maximum absolute atomic E-state index is 10.6. The predicted octanol–water partition coefficient (Wildman–Crippen LogP) is 4.50. The Hall–Kier alpha value is -1.80. The fourth-order valence-corrected chi connectivity index (χ4v) is 2.32. The molecular formula is C19H24O2. The van der Waals surface area contributed by atoms with E-state index in [1.165, 1.54) is 11.1 Å². The number of aryl methyl sites for hydroxylation is 2. The van der Waals surface area contributed by atoms with Crippen LogP contribution < -0.4 is 4.74 Å². The Labute approximate surface area is 127 Å². The average molecular weight is 284 g/mol. The minimum Gasteiger partial charge on any atom is -0.485 e. The normalized spacial score (nSPS) is 13.0. The van der Waals surface area contributed by atoms with Crippen LogP contribution in [0.15, 0.2) is 42.5 Å². The Morgan fingerprint density at radius 1 is 0.952 bits per heavy atom. The maximum atomic E-state index is 10.6. The fraction of sp³-hybridized carbons (Fsp3) is 0.368. The van der Waals surface area contributed by atoms with E-state index in [2.05, 4.69) is 13.0 Å². The lowest BCUT2D eigenvalue weighted by Gasteiger charge is -2.32. The molecule has 0 heterocycles. The van der Waals surface area contributed by atoms with Gasteiger partial charge in [0.05, 0.1) is 0 Å². The summed E-state index contributed by atoms with van der Waals surface area (Å²) in [5, 5.41) is 10.6. The van der Waals surface area contributed by atoms with Crippen molar-refractivity contribution in [2.24, 2.45) is 0 Å². The van der Waals surface area contributed by atoms with Gasteiger partial charge < -0.3 is 9.84 Å². The highest BCUT2D eigenvalue weighted by Gasteiger charge is 2.31. The Kier molecular flexibility index (Phi) is 4.38. The summed E-state index contributed by atoms with van der Waals surface area (Å²) in [5.74, 6) is 0.825. The van der Waals surface area contributed by atoms with Gasteiger partial charge >= 0.3 is 0 Å². The van der Waals surface area contributed by atoms with Gasteiger partial charge in [0, 0.05) is 0 Å². The molecule has 0 aliphatic rings. The third-order valence-corrected chi connectivity index (χ3v) is 3.98. The van der Waals surface area contributed by atoms with Gasteiger partial charge in [-0.2, -0.15) is 0 Å². The first-order valence-electron chi connectivity index (χ1n) is 7.31. The van der Waals surface area contributed by atoms with E-state index in [0.717, 1.165) is 16.9 Å². The lowest BCUT2D eigenvalue weighted by atomic mass is 9.93. The van der Waals surface area contributed by atoms with Crippen LogP contribution in [0, 0.1) is 20.8 Å². The number of aliphatic hydroxyl groups is 1. The Bertz CT molecular complexity index is 612. The monoisotopic (exact) mass is 284 g/mol. The number of aliphatic hydroxyl groups excluding tert-OH is 1. The molecule has 0 aliphatic heterocycles. The summed E-state index contributed by atoms with van der Waals surface area (Å²) >= 11 is 0. The highest BCUT2D eigenvalue weighted by atomic mass is 16.5. The number of hydrogen-bond acceptors (Lipinski definition) is 2. The van der Waals surface area contributed by atoms with Crippen molar-refractivity contribution in [3.63, 3.8) is 0 Å². The molecule has 21 heavy (non-hydrogen) atoms. The van der Waals surface area contributed by atoms with E-state index in [4.69, 9.17) is 4.74 Å². The Morgan fingerprint density at radius 2 is 1.57 bits per heavy atom. The first kappa shape index (κ1) is 15.6. The van der Waals surface area contributed by atoms with Gasteiger partial charge in [-0.05, 0) is 57.4 Å². The minimum absolute atomic E-state index is 0.682. The molecule has 0 aliphatic carbocycles. The lowest BCUT2D eigenvalue weighted by Crippen LogP contribution is -2.36. The third kappa shape index (κ3) is 3.45. The molecule has 2 aromatic carbocycles. The van der Waals surface area contributed by atoms with Gasteiger partial charge in [0.1, 0.15) is 17.5 Å². The van der Waals surface area contributed by atoms with Crippen LogP contribution in [-0.2, 0) is 0 Å². The van der Waals surface area contributed by atoms with Crippen LogP contribution in [-0.4, -0.2) is 10.7 Å². The molecule has 112 valence electrons. The molecule has 2 rings (SSSR count). The van der Waals surface area contributed by atoms with Gasteiger partial charge in [-0.3, -0.25) is 0 Å². The van der Waals surface area contributed by atoms with E-state index < -0.39 is 11.7 Å². The molecule has 1 N–H and O–H groups in total. The molecule has 0 fully saturated rings. The van der Waals surface area contributed by atoms with Crippen molar-refractivity contribution in [2.45, 2.75) is 46.3 Å². The molecule has 0 amide bonds. The summed E-state index contributed by atoms with van der Waals surface area (Å²) in [7, 11) is 0. The SMILES string of the molecule is Cc1ccc(C(O)C(C)(C)Oc2cccc(C)c2C)cc1. The van der Waals surface area contributed by atoms with Crippen molar-refractivity contribution in [3.05, 3.63) is 64.7 Å². The summed E-state index contributed by atoms with van der Waals surface area (Å²) in [5.41, 5.74) is 3.65. The van der Waals surface area contributed by atoms with Crippen molar-refractivity contribution < 1.29 is 9.84 Å². The molecule has 0 spiro atoms. The summed E-state index contributed by atoms with van der Waals surface area (Å²) in [6, 6.07) is 13.9. The van der Waals surface area contributed by atoms with Crippen LogP contribution in [0.3, 0.4) is 0 Å². The Balaban J connectivity index is 2.24. The lowest BCUT2D eigenvalue weighted by molar-refractivity contribution is -0.0305. The second-order valence-electron chi connectivity index (χ2n) is 6.22. The van der Waals surface area contributed by atoms with Crippen LogP contribution in [0.2, 0.25) is 0 Å². The predicted molar refractivity (Wildman–Crippen MR) is 86.8 cm³/mol. The molecule has 0 saturated heterocycles. The van der Waals surface area contributed by atoms with Crippen LogP contribution in [0.25, 0.3) is 0 Å². The first-order chi connectivity index (χ1) is 9.81. The highest BCUT2D eigenvalue weighted by Crippen LogP contribution is 2.32. The smallest absolute Gasteiger partial charge is 0.133 e. The molecular weight excluding hydrogens is 260 g/mol. The van der Waals surface area contributed by atoms with Crippen molar-refractivity contribution in [1.82, 2.24) is 0 Å². The molecule has 0 aromatic heterocycles. The molecule has 1 atom stereocenters. The number of hydrogen-bond donors (Lipinski definition) is 1. The highest BCUT2D eigenvalue weighted by molar-refractivity contribution is 5.39. The zero-order valence-corrected chi connectivity index (χ0v) is 13.5. The largest absolute Gasteiger partial charge is 0.485 e. The van der Waals surface area contributed by atoms with Crippen LogP contribution >= 0.6 is 0 Å². The number of ether oxygens (including phenoxy) is 1. The van der Waals surface area contributed by atoms with Crippen LogP contribution in [0.1, 0.15) is 42.2 Å². The average Bonchev–Trinajstić information content (AvgIpc) is 2.44. The van der Waals surface area contributed by atoms with Crippen molar-refractivity contribution >= 4 is 0 Å². The van der Waals surface area contributed by atoms with E-state index >= 15 is 0 Å². The summed E-state index contributed by atoms with van der Waals surface area (Å²) in [6.07, 6.45) is -0.682. The topological polar surface area (TPSA) is 29.5 Å². The van der Waals surface area contributed by atoms with Crippen molar-refractivity contribution in [3.8, 4) is 5.75 Å². The van der Waals surface area contributed by atoms with E-state index in [1.54, 1.807) is 0 Å². The van der Waals surface area contributed by atoms with Gasteiger partial charge in [-0.1, -0.05) is 42.0 Å². The first-order valence-corrected chi connectivity index (χ1v) is 7.31. The zero-order chi connectivity index (χ0) is 15.6. The number of benzene rings is 2. The van der Waals surface area contributed by atoms with Gasteiger partial charge in [-0.15, -0.1) is 0 Å². The second-order valence-corrected chi connectivity index (χ2v) is 6.22. The third-order valence-electron chi connectivity index (χ3n) is 3.98. The van der Waals surface area contributed by atoms with Gasteiger partial charge in [0.15, 0.2) is 0 Å². The van der Waals surface area contributed by atoms with Gasteiger partial charge in [-0.25, -0.2) is 0 Å². The quantitative estimate of drug-likeness (QED) is 0.895. The second kappa shape index (κ2) is 5.90. The zero-order valence-electron chi connectivity index (χ0n) is 13.5. The number of rotatable bonds is 4. The van der Waals surface area contributed by atoms with Gasteiger partial charge in [0.25, 0.3) is 0 Å².